The summed E-state index contributed by atoms with van der Waals surface area (Å²) < 4.78 is 38.7. The van der Waals surface area contributed by atoms with Gasteiger partial charge in [0, 0.05) is 10.3 Å². The van der Waals surface area contributed by atoms with Crippen LogP contribution in [0.4, 0.5) is 13.2 Å². The molecule has 0 spiro atoms. The highest BCUT2D eigenvalue weighted by Gasteiger charge is 2.40. The summed E-state index contributed by atoms with van der Waals surface area (Å²) in [5.41, 5.74) is 0.0115. The summed E-state index contributed by atoms with van der Waals surface area (Å²) in [7, 11) is 0. The molecule has 1 saturated carbocycles. The lowest BCUT2D eigenvalue weighted by Crippen LogP contribution is -2.21. The molecule has 1 heterocycles. The molecule has 1 aromatic heterocycles. The minimum atomic E-state index is -4.34. The predicted molar refractivity (Wildman–Crippen MR) is 116 cm³/mol. The van der Waals surface area contributed by atoms with E-state index in [2.05, 4.69) is 0 Å². The van der Waals surface area contributed by atoms with Gasteiger partial charge in [-0.15, -0.1) is 22.9 Å². The first kappa shape index (κ1) is 24.1. The lowest BCUT2D eigenvalue weighted by atomic mass is 9.85. The van der Waals surface area contributed by atoms with Crippen LogP contribution in [0.3, 0.4) is 0 Å². The summed E-state index contributed by atoms with van der Waals surface area (Å²) in [6.45, 7) is 0. The fraction of sp³-hybridized carbons (Fsp3) is 0.522. The molecule has 1 aliphatic rings. The van der Waals surface area contributed by atoms with E-state index in [0.29, 0.717) is 36.1 Å². The van der Waals surface area contributed by atoms with E-state index in [1.54, 1.807) is 12.1 Å². The van der Waals surface area contributed by atoms with Crippen molar-refractivity contribution in [3.8, 4) is 0 Å². The molecule has 1 unspecified atom stereocenters. The van der Waals surface area contributed by atoms with Crippen LogP contribution in [0.2, 0.25) is 0 Å². The Bertz CT molecular complexity index is 883. The second-order valence-electron chi connectivity index (χ2n) is 8.20. The molecule has 170 valence electrons. The molecule has 0 bridgehead atoms. The molecule has 1 aromatic carbocycles. The maximum absolute atomic E-state index is 12.9. The van der Waals surface area contributed by atoms with Crippen molar-refractivity contribution < 1.29 is 28.2 Å². The number of rotatable bonds is 9. The molecule has 4 atom stereocenters. The molecular weight excluding hydrogens is 449 g/mol. The Kier molecular flexibility index (Phi) is 8.05. The van der Waals surface area contributed by atoms with Gasteiger partial charge in [-0.05, 0) is 80.5 Å². The zero-order valence-corrected chi connectivity index (χ0v) is 18.5. The van der Waals surface area contributed by atoms with Crippen molar-refractivity contribution >= 4 is 28.9 Å². The van der Waals surface area contributed by atoms with Gasteiger partial charge in [-0.1, -0.05) is 18.2 Å². The molecule has 0 saturated heterocycles. The van der Waals surface area contributed by atoms with Crippen molar-refractivity contribution in [2.45, 2.75) is 62.6 Å². The Morgan fingerprint density at radius 1 is 1.10 bits per heavy atom. The van der Waals surface area contributed by atoms with Crippen molar-refractivity contribution in [1.82, 2.24) is 0 Å². The first-order valence-corrected chi connectivity index (χ1v) is 11.7. The average molecular weight is 475 g/mol. The summed E-state index contributed by atoms with van der Waals surface area (Å²) in [4.78, 5) is 12.3. The number of hydrogen-bond acceptors (Lipinski definition) is 3. The van der Waals surface area contributed by atoms with Gasteiger partial charge in [0.25, 0.3) is 0 Å². The van der Waals surface area contributed by atoms with Crippen LogP contribution in [0.1, 0.15) is 57.8 Å². The molecule has 31 heavy (non-hydrogen) atoms. The second-order valence-corrected chi connectivity index (χ2v) is 9.93. The Morgan fingerprint density at radius 2 is 1.81 bits per heavy atom. The first-order valence-electron chi connectivity index (χ1n) is 10.5. The molecule has 3 rings (SSSR count). The smallest absolute Gasteiger partial charge is 0.416 e. The van der Waals surface area contributed by atoms with E-state index in [4.69, 9.17) is 16.7 Å². The van der Waals surface area contributed by atoms with Crippen molar-refractivity contribution in [2.75, 3.05) is 0 Å². The maximum atomic E-state index is 12.9. The van der Waals surface area contributed by atoms with E-state index in [1.807, 2.05) is 6.07 Å². The molecular formula is C23H26ClF3O3S. The van der Waals surface area contributed by atoms with Gasteiger partial charge >= 0.3 is 12.1 Å². The van der Waals surface area contributed by atoms with Crippen LogP contribution in [0.15, 0.2) is 36.4 Å². The van der Waals surface area contributed by atoms with Gasteiger partial charge in [0.1, 0.15) is 4.88 Å². The molecule has 1 fully saturated rings. The van der Waals surface area contributed by atoms with Crippen LogP contribution in [-0.4, -0.2) is 27.7 Å². The first-order chi connectivity index (χ1) is 14.6. The number of carboxylic acids is 1. The van der Waals surface area contributed by atoms with Gasteiger partial charge in [-0.2, -0.15) is 13.2 Å². The minimum Gasteiger partial charge on any atom is -0.477 e. The molecule has 3 nitrogen and oxygen atoms in total. The Balaban J connectivity index is 1.51. The molecule has 0 radical (unpaired) electrons. The highest BCUT2D eigenvalue weighted by molar-refractivity contribution is 7.13. The Morgan fingerprint density at radius 3 is 2.48 bits per heavy atom. The molecule has 0 amide bonds. The van der Waals surface area contributed by atoms with Crippen LogP contribution < -0.4 is 0 Å². The zero-order chi connectivity index (χ0) is 22.6. The fourth-order valence-electron chi connectivity index (χ4n) is 4.52. The number of thiophene rings is 1. The number of alkyl halides is 4. The number of aromatic carboxylic acids is 1. The van der Waals surface area contributed by atoms with Crippen LogP contribution in [-0.2, 0) is 19.0 Å². The van der Waals surface area contributed by atoms with Gasteiger partial charge in [-0.25, -0.2) is 4.79 Å². The second kappa shape index (κ2) is 10.4. The summed E-state index contributed by atoms with van der Waals surface area (Å²) in [5.74, 6) is -0.736. The normalized spacial score (nSPS) is 23.9. The highest BCUT2D eigenvalue weighted by atomic mass is 35.5. The summed E-state index contributed by atoms with van der Waals surface area (Å²) in [6.07, 6.45) is 0.0817. The number of carbonyl (C=O) groups is 1. The lowest BCUT2D eigenvalue weighted by Gasteiger charge is -2.23. The zero-order valence-electron chi connectivity index (χ0n) is 16.9. The van der Waals surface area contributed by atoms with Crippen molar-refractivity contribution in [3.05, 3.63) is 57.3 Å². The number of benzene rings is 1. The topological polar surface area (TPSA) is 57.5 Å². The van der Waals surface area contributed by atoms with Crippen LogP contribution in [0, 0.1) is 11.8 Å². The standard InChI is InChI=1S/C23H26ClF3O3S/c24-19-13-20(28)18(9-2-5-14-4-1-6-15(12-14)23(25,26)27)17(19)8-3-7-16-10-11-21(31-16)22(29)30/h1,4,6,10-12,17-20,28H,2-3,5,7-9,13H2,(H,29,30)/t17?,18-,19-,20-/m1/s1. The number of halogens is 4. The van der Waals surface area contributed by atoms with E-state index in [1.165, 1.54) is 23.5 Å². The maximum Gasteiger partial charge on any atom is 0.416 e. The molecule has 2 aromatic rings. The van der Waals surface area contributed by atoms with Gasteiger partial charge < -0.3 is 10.2 Å². The number of carboxylic acid groups (broad SMARTS) is 1. The highest BCUT2D eigenvalue weighted by Crippen LogP contribution is 2.42. The third-order valence-electron chi connectivity index (χ3n) is 6.07. The van der Waals surface area contributed by atoms with E-state index in [-0.39, 0.29) is 17.2 Å². The van der Waals surface area contributed by atoms with Crippen LogP contribution in [0.5, 0.6) is 0 Å². The largest absolute Gasteiger partial charge is 0.477 e. The van der Waals surface area contributed by atoms with Crippen LogP contribution in [0.25, 0.3) is 0 Å². The molecule has 8 heteroatoms. The number of aliphatic hydroxyl groups excluding tert-OH is 1. The van der Waals surface area contributed by atoms with Gasteiger partial charge in [0.2, 0.25) is 0 Å². The third-order valence-corrected chi connectivity index (χ3v) is 7.70. The van der Waals surface area contributed by atoms with E-state index < -0.39 is 23.8 Å². The number of aryl methyl sites for hydroxylation is 2. The van der Waals surface area contributed by atoms with Crippen molar-refractivity contribution in [1.29, 1.82) is 0 Å². The molecule has 2 N–H and O–H groups in total. The third kappa shape index (κ3) is 6.46. The summed E-state index contributed by atoms with van der Waals surface area (Å²) in [6, 6.07) is 8.85. The van der Waals surface area contributed by atoms with Gasteiger partial charge in [0.15, 0.2) is 0 Å². The molecule has 1 aliphatic carbocycles. The van der Waals surface area contributed by atoms with Gasteiger partial charge in [0.05, 0.1) is 11.7 Å². The summed E-state index contributed by atoms with van der Waals surface area (Å²) in [5, 5.41) is 19.4. The van der Waals surface area contributed by atoms with E-state index in [0.717, 1.165) is 30.2 Å². The molecule has 0 aliphatic heterocycles. The minimum absolute atomic E-state index is 0.0335. The lowest BCUT2D eigenvalue weighted by molar-refractivity contribution is -0.137. The van der Waals surface area contributed by atoms with E-state index >= 15 is 0 Å². The number of aliphatic hydroxyl groups is 1. The Hall–Kier alpha value is -1.57. The average Bonchev–Trinajstić information content (AvgIpc) is 3.27. The van der Waals surface area contributed by atoms with Crippen molar-refractivity contribution in [2.24, 2.45) is 11.8 Å². The monoisotopic (exact) mass is 474 g/mol. The van der Waals surface area contributed by atoms with Gasteiger partial charge in [-0.3, -0.25) is 0 Å². The van der Waals surface area contributed by atoms with Crippen molar-refractivity contribution in [3.63, 3.8) is 0 Å². The number of hydrogen-bond donors (Lipinski definition) is 2. The predicted octanol–water partition coefficient (Wildman–Crippen LogP) is 6.42. The quantitative estimate of drug-likeness (QED) is 0.412. The fourth-order valence-corrected chi connectivity index (χ4v) is 5.90. The SMILES string of the molecule is O=C(O)c1ccc(CCCC2[C@H](Cl)C[C@@H](O)[C@@H]2CCCc2cccc(C(F)(F)F)c2)s1. The Labute approximate surface area is 188 Å². The summed E-state index contributed by atoms with van der Waals surface area (Å²) >= 11 is 7.78. The van der Waals surface area contributed by atoms with E-state index in [9.17, 15) is 23.1 Å². The van der Waals surface area contributed by atoms with Crippen LogP contribution >= 0.6 is 22.9 Å².